The van der Waals surface area contributed by atoms with Crippen molar-refractivity contribution in [1.29, 1.82) is 0 Å². The lowest BCUT2D eigenvalue weighted by Gasteiger charge is -2.31. The monoisotopic (exact) mass is 508 g/mol. The van der Waals surface area contributed by atoms with Crippen LogP contribution in [0.4, 0.5) is 0 Å². The van der Waals surface area contributed by atoms with Crippen LogP contribution in [0.15, 0.2) is 60.7 Å². The highest BCUT2D eigenvalue weighted by Gasteiger charge is 2.47. The zero-order chi connectivity index (χ0) is 26.4. The number of hydrogen-bond acceptors (Lipinski definition) is 8. The van der Waals surface area contributed by atoms with Gasteiger partial charge in [0.15, 0.2) is 0 Å². The van der Waals surface area contributed by atoms with Crippen molar-refractivity contribution in [3.63, 3.8) is 0 Å². The third kappa shape index (κ3) is 5.63. The number of nitrogens with zero attached hydrogens (tertiary/aromatic N) is 2. The van der Waals surface area contributed by atoms with Crippen LogP contribution in [0.2, 0.25) is 0 Å². The van der Waals surface area contributed by atoms with Gasteiger partial charge < -0.3 is 29.0 Å². The number of rotatable bonds is 10. The summed E-state index contributed by atoms with van der Waals surface area (Å²) >= 11 is 0. The molecule has 0 spiro atoms. The maximum atomic E-state index is 13.4. The first-order chi connectivity index (χ1) is 18.0. The number of ketones is 1. The van der Waals surface area contributed by atoms with Gasteiger partial charge in [-0.2, -0.15) is 0 Å². The standard InChI is InChI=1S/C28H32N2O7/c1-4-15-37-20-7-5-19(6-8-20)26(31)24-25(22-18-21(34-2)9-10-23(22)35-3)30(28(33)27(24)32)12-11-29-13-16-36-17-14-29/h4-10,18,25,31H,1,11-17H2,2-3H3/b26-24+/t25-/m0/s1. The first kappa shape index (κ1) is 26.2. The van der Waals surface area contributed by atoms with Gasteiger partial charge in [-0.1, -0.05) is 12.7 Å². The summed E-state index contributed by atoms with van der Waals surface area (Å²) in [5.41, 5.74) is 0.942. The number of ether oxygens (including phenoxy) is 4. The predicted octanol–water partition coefficient (Wildman–Crippen LogP) is 3.02. The fourth-order valence-corrected chi connectivity index (χ4v) is 4.58. The van der Waals surface area contributed by atoms with Crippen LogP contribution >= 0.6 is 0 Å². The number of aliphatic hydroxyl groups is 1. The predicted molar refractivity (Wildman–Crippen MR) is 138 cm³/mol. The normalized spacial score (nSPS) is 19.6. The molecule has 2 aliphatic rings. The lowest BCUT2D eigenvalue weighted by molar-refractivity contribution is -0.140. The van der Waals surface area contributed by atoms with Crippen LogP contribution in [-0.2, 0) is 14.3 Å². The van der Waals surface area contributed by atoms with E-state index in [4.69, 9.17) is 18.9 Å². The summed E-state index contributed by atoms with van der Waals surface area (Å²) in [7, 11) is 3.06. The molecule has 2 aromatic rings. The van der Waals surface area contributed by atoms with Crippen LogP contribution in [0.1, 0.15) is 17.2 Å². The van der Waals surface area contributed by atoms with Crippen molar-refractivity contribution in [3.8, 4) is 17.2 Å². The summed E-state index contributed by atoms with van der Waals surface area (Å²) in [5, 5.41) is 11.4. The quantitative estimate of drug-likeness (QED) is 0.226. The van der Waals surface area contributed by atoms with Gasteiger partial charge in [0.25, 0.3) is 11.7 Å². The summed E-state index contributed by atoms with van der Waals surface area (Å²) in [4.78, 5) is 30.4. The maximum Gasteiger partial charge on any atom is 0.295 e. The molecule has 37 heavy (non-hydrogen) atoms. The second-order valence-corrected chi connectivity index (χ2v) is 8.68. The van der Waals surface area contributed by atoms with E-state index in [1.807, 2.05) is 0 Å². The molecule has 1 amide bonds. The van der Waals surface area contributed by atoms with Crippen LogP contribution in [-0.4, -0.2) is 86.8 Å². The highest BCUT2D eigenvalue weighted by Crippen LogP contribution is 2.43. The summed E-state index contributed by atoms with van der Waals surface area (Å²) in [6.45, 7) is 7.57. The summed E-state index contributed by atoms with van der Waals surface area (Å²) in [6.07, 6.45) is 1.63. The van der Waals surface area contributed by atoms with E-state index in [-0.39, 0.29) is 11.3 Å². The van der Waals surface area contributed by atoms with Crippen molar-refractivity contribution in [3.05, 3.63) is 71.8 Å². The fourth-order valence-electron chi connectivity index (χ4n) is 4.58. The minimum atomic E-state index is -0.859. The molecule has 0 aromatic heterocycles. The molecule has 0 saturated carbocycles. The Morgan fingerprint density at radius 3 is 2.41 bits per heavy atom. The largest absolute Gasteiger partial charge is 0.507 e. The Kier molecular flexibility index (Phi) is 8.47. The van der Waals surface area contributed by atoms with Crippen molar-refractivity contribution < 1.29 is 33.6 Å². The average Bonchev–Trinajstić information content (AvgIpc) is 3.19. The van der Waals surface area contributed by atoms with Crippen molar-refractivity contribution in [2.24, 2.45) is 0 Å². The lowest BCUT2D eigenvalue weighted by Crippen LogP contribution is -2.42. The SMILES string of the molecule is C=CCOc1ccc(/C(O)=C2\C(=O)C(=O)N(CCN3CCOCC3)[C@H]2c2cc(OC)ccc2OC)cc1. The minimum Gasteiger partial charge on any atom is -0.507 e. The summed E-state index contributed by atoms with van der Waals surface area (Å²) in [5.74, 6) is -0.0795. The Hall–Kier alpha value is -3.82. The smallest absolute Gasteiger partial charge is 0.295 e. The summed E-state index contributed by atoms with van der Waals surface area (Å²) < 4.78 is 22.0. The molecule has 4 rings (SSSR count). The Morgan fingerprint density at radius 2 is 1.76 bits per heavy atom. The van der Waals surface area contributed by atoms with E-state index in [2.05, 4.69) is 11.5 Å². The minimum absolute atomic E-state index is 0.00158. The molecule has 0 bridgehead atoms. The van der Waals surface area contributed by atoms with E-state index >= 15 is 0 Å². The second kappa shape index (κ2) is 11.9. The summed E-state index contributed by atoms with van der Waals surface area (Å²) in [6, 6.07) is 11.0. The van der Waals surface area contributed by atoms with Gasteiger partial charge in [-0.3, -0.25) is 14.5 Å². The van der Waals surface area contributed by atoms with Crippen LogP contribution < -0.4 is 14.2 Å². The van der Waals surface area contributed by atoms with Gasteiger partial charge >= 0.3 is 0 Å². The van der Waals surface area contributed by atoms with Gasteiger partial charge in [0.1, 0.15) is 29.6 Å². The first-order valence-electron chi connectivity index (χ1n) is 12.1. The number of likely N-dealkylation sites (tertiary alicyclic amines) is 1. The molecule has 2 heterocycles. The maximum absolute atomic E-state index is 13.4. The van der Waals surface area contributed by atoms with Gasteiger partial charge in [0.2, 0.25) is 0 Å². The molecular weight excluding hydrogens is 476 g/mol. The van der Waals surface area contributed by atoms with E-state index in [0.29, 0.717) is 61.3 Å². The van der Waals surface area contributed by atoms with Crippen LogP contribution in [0, 0.1) is 0 Å². The van der Waals surface area contributed by atoms with Crippen molar-refractivity contribution in [2.75, 3.05) is 60.2 Å². The Bertz CT molecular complexity index is 1170. The number of methoxy groups -OCH3 is 2. The number of hydrogen-bond donors (Lipinski definition) is 1. The fraction of sp³-hybridized carbons (Fsp3) is 0.357. The number of amides is 1. The van der Waals surface area contributed by atoms with Gasteiger partial charge in [0, 0.05) is 37.3 Å². The van der Waals surface area contributed by atoms with E-state index in [9.17, 15) is 14.7 Å². The molecule has 2 saturated heterocycles. The van der Waals surface area contributed by atoms with E-state index < -0.39 is 17.7 Å². The Balaban J connectivity index is 1.77. The number of aliphatic hydroxyl groups excluding tert-OH is 1. The third-order valence-electron chi connectivity index (χ3n) is 6.53. The molecule has 1 N–H and O–H groups in total. The van der Waals surface area contributed by atoms with Gasteiger partial charge in [-0.15, -0.1) is 0 Å². The van der Waals surface area contributed by atoms with E-state index in [1.54, 1.807) is 48.5 Å². The van der Waals surface area contributed by atoms with Gasteiger partial charge in [-0.25, -0.2) is 0 Å². The highest BCUT2D eigenvalue weighted by molar-refractivity contribution is 6.46. The zero-order valence-corrected chi connectivity index (χ0v) is 21.1. The van der Waals surface area contributed by atoms with Gasteiger partial charge in [-0.05, 0) is 42.5 Å². The van der Waals surface area contributed by atoms with Crippen LogP contribution in [0.5, 0.6) is 17.2 Å². The van der Waals surface area contributed by atoms with Crippen molar-refractivity contribution >= 4 is 17.4 Å². The molecule has 9 nitrogen and oxygen atoms in total. The number of benzene rings is 2. The van der Waals surface area contributed by atoms with Crippen molar-refractivity contribution in [1.82, 2.24) is 9.80 Å². The third-order valence-corrected chi connectivity index (χ3v) is 6.53. The molecule has 196 valence electrons. The van der Waals surface area contributed by atoms with E-state index in [1.165, 1.54) is 19.1 Å². The van der Waals surface area contributed by atoms with E-state index in [0.717, 1.165) is 13.1 Å². The van der Waals surface area contributed by atoms with Crippen LogP contribution in [0.3, 0.4) is 0 Å². The lowest BCUT2D eigenvalue weighted by atomic mass is 9.94. The molecule has 0 aliphatic carbocycles. The highest BCUT2D eigenvalue weighted by atomic mass is 16.5. The molecule has 2 aliphatic heterocycles. The molecule has 1 atom stereocenters. The Morgan fingerprint density at radius 1 is 1.05 bits per heavy atom. The van der Waals surface area contributed by atoms with Crippen LogP contribution in [0.25, 0.3) is 5.76 Å². The average molecular weight is 509 g/mol. The van der Waals surface area contributed by atoms with Gasteiger partial charge in [0.05, 0.1) is 39.0 Å². The number of carbonyl (C=O) groups excluding carboxylic acids is 2. The molecule has 2 aromatic carbocycles. The molecule has 9 heteroatoms. The number of morpholine rings is 1. The van der Waals surface area contributed by atoms with Crippen molar-refractivity contribution in [2.45, 2.75) is 6.04 Å². The second-order valence-electron chi connectivity index (χ2n) is 8.68. The zero-order valence-electron chi connectivity index (χ0n) is 21.1. The molecule has 0 radical (unpaired) electrons. The number of Topliss-reactive ketones (excluding diaryl/α,β-unsaturated/α-hetero) is 1. The topological polar surface area (TPSA) is 97.8 Å². The number of carbonyl (C=O) groups is 2. The molecular formula is C28H32N2O7. The first-order valence-corrected chi connectivity index (χ1v) is 12.1. The molecule has 0 unspecified atom stereocenters. The molecule has 2 fully saturated rings. The Labute approximate surface area is 216 Å².